The average Bonchev–Trinajstić information content (AvgIpc) is 2.45. The number of nitrogens with zero attached hydrogens (tertiary/aromatic N) is 1. The third-order valence-electron chi connectivity index (χ3n) is 3.18. The lowest BCUT2D eigenvalue weighted by Gasteiger charge is -2.18. The van der Waals surface area contributed by atoms with Gasteiger partial charge in [-0.05, 0) is 39.0 Å². The van der Waals surface area contributed by atoms with Crippen molar-refractivity contribution in [1.82, 2.24) is 9.71 Å². The second-order valence-electron chi connectivity index (χ2n) is 5.77. The van der Waals surface area contributed by atoms with E-state index in [4.69, 9.17) is 0 Å². The standard InChI is InChI=1S/C16H18F3N3O2S/c1-10(2)22-25(23,24)15-7-5-4-6-13(15)21-14-8-11(3)20-9-12(14)16(17,18)19/h4-10,22H,1-3H3,(H,20,21). The molecule has 2 N–H and O–H groups in total. The van der Waals surface area contributed by atoms with Crippen LogP contribution in [-0.4, -0.2) is 19.4 Å². The van der Waals surface area contributed by atoms with Gasteiger partial charge in [-0.1, -0.05) is 12.1 Å². The molecule has 2 rings (SSSR count). The van der Waals surface area contributed by atoms with Crippen LogP contribution in [0.15, 0.2) is 41.4 Å². The van der Waals surface area contributed by atoms with Crippen LogP contribution in [0.25, 0.3) is 0 Å². The van der Waals surface area contributed by atoms with E-state index in [0.29, 0.717) is 5.69 Å². The lowest BCUT2D eigenvalue weighted by Crippen LogP contribution is -2.30. The van der Waals surface area contributed by atoms with E-state index in [2.05, 4.69) is 15.0 Å². The molecule has 0 saturated heterocycles. The predicted molar refractivity (Wildman–Crippen MR) is 89.2 cm³/mol. The SMILES string of the molecule is Cc1cc(Nc2ccccc2S(=O)(=O)NC(C)C)c(C(F)(F)F)cn1. The van der Waals surface area contributed by atoms with Crippen LogP contribution < -0.4 is 10.0 Å². The Morgan fingerprint density at radius 1 is 1.12 bits per heavy atom. The molecule has 0 unspecified atom stereocenters. The van der Waals surface area contributed by atoms with Gasteiger partial charge >= 0.3 is 6.18 Å². The maximum absolute atomic E-state index is 13.2. The zero-order chi connectivity index (χ0) is 18.8. The Morgan fingerprint density at radius 3 is 2.36 bits per heavy atom. The van der Waals surface area contributed by atoms with Crippen LogP contribution in [0.2, 0.25) is 0 Å². The molecule has 136 valence electrons. The Hall–Kier alpha value is -2.13. The molecule has 0 aliphatic heterocycles. The van der Waals surface area contributed by atoms with Crippen LogP contribution in [0.5, 0.6) is 0 Å². The van der Waals surface area contributed by atoms with Crippen LogP contribution in [0, 0.1) is 6.92 Å². The lowest BCUT2D eigenvalue weighted by atomic mass is 10.2. The van der Waals surface area contributed by atoms with Gasteiger partial charge in [-0.25, -0.2) is 13.1 Å². The Labute approximate surface area is 144 Å². The fourth-order valence-corrected chi connectivity index (χ4v) is 3.63. The van der Waals surface area contributed by atoms with E-state index in [1.807, 2.05) is 0 Å². The molecule has 9 heteroatoms. The quantitative estimate of drug-likeness (QED) is 0.835. The first-order valence-corrected chi connectivity index (χ1v) is 8.91. The van der Waals surface area contributed by atoms with Gasteiger partial charge in [0.1, 0.15) is 4.90 Å². The molecule has 1 heterocycles. The number of anilines is 2. The third-order valence-corrected chi connectivity index (χ3v) is 4.90. The second-order valence-corrected chi connectivity index (χ2v) is 7.45. The smallest absolute Gasteiger partial charge is 0.354 e. The van der Waals surface area contributed by atoms with Crippen molar-refractivity contribution in [3.8, 4) is 0 Å². The van der Waals surface area contributed by atoms with Crippen molar-refractivity contribution in [2.45, 2.75) is 37.9 Å². The van der Waals surface area contributed by atoms with E-state index in [1.54, 1.807) is 20.8 Å². The number of sulfonamides is 1. The van der Waals surface area contributed by atoms with E-state index >= 15 is 0 Å². The van der Waals surface area contributed by atoms with Gasteiger partial charge in [0.05, 0.1) is 16.9 Å². The second kappa shape index (κ2) is 7.01. The molecule has 25 heavy (non-hydrogen) atoms. The highest BCUT2D eigenvalue weighted by molar-refractivity contribution is 7.89. The molecule has 5 nitrogen and oxygen atoms in total. The van der Waals surface area contributed by atoms with Gasteiger partial charge in [0.25, 0.3) is 0 Å². The van der Waals surface area contributed by atoms with Crippen molar-refractivity contribution in [3.05, 3.63) is 47.8 Å². The minimum atomic E-state index is -4.62. The lowest BCUT2D eigenvalue weighted by molar-refractivity contribution is -0.137. The van der Waals surface area contributed by atoms with Crippen LogP contribution in [0.1, 0.15) is 25.1 Å². The van der Waals surface area contributed by atoms with Crippen LogP contribution >= 0.6 is 0 Å². The van der Waals surface area contributed by atoms with Gasteiger partial charge in [-0.3, -0.25) is 4.98 Å². The normalized spacial score (nSPS) is 12.4. The molecule has 0 spiro atoms. The number of nitrogens with one attached hydrogen (secondary N) is 2. The van der Waals surface area contributed by atoms with Crippen molar-refractivity contribution in [2.24, 2.45) is 0 Å². The molecule has 0 radical (unpaired) electrons. The fourth-order valence-electron chi connectivity index (χ4n) is 2.21. The number of para-hydroxylation sites is 1. The highest BCUT2D eigenvalue weighted by Crippen LogP contribution is 2.36. The van der Waals surface area contributed by atoms with Crippen LogP contribution in [0.3, 0.4) is 0 Å². The molecule has 2 aromatic rings. The highest BCUT2D eigenvalue weighted by atomic mass is 32.2. The van der Waals surface area contributed by atoms with E-state index in [9.17, 15) is 21.6 Å². The third kappa shape index (κ3) is 4.70. The van der Waals surface area contributed by atoms with Crippen molar-refractivity contribution in [3.63, 3.8) is 0 Å². The molecule has 0 aliphatic carbocycles. The molecule has 1 aromatic heterocycles. The molecule has 0 amide bonds. The Balaban J connectivity index is 2.52. The molecule has 0 aliphatic rings. The summed E-state index contributed by atoms with van der Waals surface area (Å²) in [6.45, 7) is 4.86. The maximum atomic E-state index is 13.2. The first kappa shape index (κ1) is 19.2. The van der Waals surface area contributed by atoms with Crippen molar-refractivity contribution >= 4 is 21.4 Å². The fraction of sp³-hybridized carbons (Fsp3) is 0.312. The Morgan fingerprint density at radius 2 is 1.76 bits per heavy atom. The zero-order valence-corrected chi connectivity index (χ0v) is 14.7. The monoisotopic (exact) mass is 373 g/mol. The van der Waals surface area contributed by atoms with Crippen LogP contribution in [-0.2, 0) is 16.2 Å². The van der Waals surface area contributed by atoms with Gasteiger partial charge in [0.15, 0.2) is 0 Å². The molecule has 0 fully saturated rings. The largest absolute Gasteiger partial charge is 0.419 e. The summed E-state index contributed by atoms with van der Waals surface area (Å²) in [6, 6.07) is 6.65. The molecular weight excluding hydrogens is 355 g/mol. The summed E-state index contributed by atoms with van der Waals surface area (Å²) in [5.74, 6) is 0. The van der Waals surface area contributed by atoms with E-state index in [-0.39, 0.29) is 22.3 Å². The Bertz CT molecular complexity index is 865. The first-order valence-electron chi connectivity index (χ1n) is 7.43. The minimum absolute atomic E-state index is 0.0479. The molecule has 0 bridgehead atoms. The number of aromatic nitrogens is 1. The average molecular weight is 373 g/mol. The summed E-state index contributed by atoms with van der Waals surface area (Å²) in [5.41, 5.74) is -0.808. The number of alkyl halides is 3. The summed E-state index contributed by atoms with van der Waals surface area (Å²) in [5, 5.41) is 2.59. The number of pyridine rings is 1. The van der Waals surface area contributed by atoms with Gasteiger partial charge in [0.2, 0.25) is 10.0 Å². The van der Waals surface area contributed by atoms with E-state index < -0.39 is 21.8 Å². The number of aryl methyl sites for hydroxylation is 1. The minimum Gasteiger partial charge on any atom is -0.354 e. The van der Waals surface area contributed by atoms with Crippen LogP contribution in [0.4, 0.5) is 24.5 Å². The number of hydrogen-bond donors (Lipinski definition) is 2. The Kier molecular flexibility index (Phi) is 5.38. The predicted octanol–water partition coefficient (Wildman–Crippen LogP) is 3.84. The zero-order valence-electron chi connectivity index (χ0n) is 13.8. The van der Waals surface area contributed by atoms with E-state index in [0.717, 1.165) is 6.20 Å². The summed E-state index contributed by atoms with van der Waals surface area (Å²) in [6.07, 6.45) is -3.89. The topological polar surface area (TPSA) is 71.1 Å². The first-order chi connectivity index (χ1) is 11.5. The summed E-state index contributed by atoms with van der Waals surface area (Å²) in [7, 11) is -3.88. The number of halogens is 3. The van der Waals surface area contributed by atoms with Crippen molar-refractivity contribution in [1.29, 1.82) is 0 Å². The van der Waals surface area contributed by atoms with Gasteiger partial charge in [-0.15, -0.1) is 0 Å². The molecule has 0 saturated carbocycles. The summed E-state index contributed by atoms with van der Waals surface area (Å²) < 4.78 is 66.8. The van der Waals surface area contributed by atoms with Gasteiger partial charge < -0.3 is 5.32 Å². The summed E-state index contributed by atoms with van der Waals surface area (Å²) in [4.78, 5) is 3.53. The van der Waals surface area contributed by atoms with Gasteiger partial charge in [0, 0.05) is 17.9 Å². The van der Waals surface area contributed by atoms with Crippen molar-refractivity contribution in [2.75, 3.05) is 5.32 Å². The van der Waals surface area contributed by atoms with Crippen molar-refractivity contribution < 1.29 is 21.6 Å². The summed E-state index contributed by atoms with van der Waals surface area (Å²) >= 11 is 0. The van der Waals surface area contributed by atoms with Gasteiger partial charge in [-0.2, -0.15) is 13.2 Å². The molecular formula is C16H18F3N3O2S. The molecule has 1 aromatic carbocycles. The molecule has 0 atom stereocenters. The number of rotatable bonds is 5. The maximum Gasteiger partial charge on any atom is 0.419 e. The number of hydrogen-bond acceptors (Lipinski definition) is 4. The number of benzene rings is 1. The van der Waals surface area contributed by atoms with E-state index in [1.165, 1.54) is 30.3 Å². The highest BCUT2D eigenvalue weighted by Gasteiger charge is 2.34.